The summed E-state index contributed by atoms with van der Waals surface area (Å²) in [5.41, 5.74) is 1.84. The number of phenols is 1. The zero-order valence-electron chi connectivity index (χ0n) is 19.5. The summed E-state index contributed by atoms with van der Waals surface area (Å²) in [4.78, 5) is 27.4. The van der Waals surface area contributed by atoms with Crippen LogP contribution in [-0.4, -0.2) is 21.8 Å². The van der Waals surface area contributed by atoms with Gasteiger partial charge in [0.15, 0.2) is 11.6 Å². The molecule has 1 atom stereocenters. The van der Waals surface area contributed by atoms with Crippen molar-refractivity contribution < 1.29 is 19.8 Å². The van der Waals surface area contributed by atoms with Gasteiger partial charge in [-0.15, -0.1) is 0 Å². The van der Waals surface area contributed by atoms with Gasteiger partial charge in [-0.2, -0.15) is 0 Å². The zero-order chi connectivity index (χ0) is 25.1. The van der Waals surface area contributed by atoms with Gasteiger partial charge in [-0.05, 0) is 41.0 Å². The van der Waals surface area contributed by atoms with Crippen LogP contribution in [0.1, 0.15) is 27.9 Å². The molecule has 0 saturated carbocycles. The first-order chi connectivity index (χ1) is 17.5. The highest BCUT2D eigenvalue weighted by molar-refractivity contribution is 6.23. The predicted molar refractivity (Wildman–Crippen MR) is 141 cm³/mol. The smallest absolute Gasteiger partial charge is 0.181 e. The summed E-state index contributed by atoms with van der Waals surface area (Å²) in [6.45, 7) is 0. The lowest BCUT2D eigenvalue weighted by Gasteiger charge is -2.34. The number of aliphatic hydroxyl groups excluding tert-OH is 1. The van der Waals surface area contributed by atoms with Gasteiger partial charge in [0.1, 0.15) is 16.9 Å². The third-order valence-electron chi connectivity index (χ3n) is 6.66. The Hall–Kier alpha value is -4.70. The van der Waals surface area contributed by atoms with Crippen LogP contribution in [0, 0.1) is 0 Å². The lowest BCUT2D eigenvalue weighted by atomic mass is 9.65. The molecule has 0 aliphatic heterocycles. The van der Waals surface area contributed by atoms with E-state index in [1.54, 1.807) is 66.7 Å². The minimum atomic E-state index is -1.50. The summed E-state index contributed by atoms with van der Waals surface area (Å²) in [7, 11) is 0. The van der Waals surface area contributed by atoms with Gasteiger partial charge in [0.2, 0.25) is 0 Å². The van der Waals surface area contributed by atoms with E-state index in [1.165, 1.54) is 12.1 Å². The first kappa shape index (κ1) is 23.1. The third kappa shape index (κ3) is 4.03. The van der Waals surface area contributed by atoms with Crippen molar-refractivity contribution in [1.82, 2.24) is 0 Å². The summed E-state index contributed by atoms with van der Waals surface area (Å²) >= 11 is 0. The van der Waals surface area contributed by atoms with Crippen LogP contribution in [0.2, 0.25) is 0 Å². The van der Waals surface area contributed by atoms with E-state index in [0.29, 0.717) is 27.8 Å². The predicted octanol–water partition coefficient (Wildman–Crippen LogP) is 6.68. The number of hydrogen-bond acceptors (Lipinski definition) is 4. The van der Waals surface area contributed by atoms with Gasteiger partial charge >= 0.3 is 0 Å². The van der Waals surface area contributed by atoms with Crippen molar-refractivity contribution >= 4 is 17.3 Å². The van der Waals surface area contributed by atoms with E-state index in [9.17, 15) is 19.8 Å². The fourth-order valence-electron chi connectivity index (χ4n) is 4.76. The van der Waals surface area contributed by atoms with Crippen molar-refractivity contribution in [2.75, 3.05) is 0 Å². The minimum absolute atomic E-state index is 0.00740. The molecule has 0 amide bonds. The molecule has 4 aromatic rings. The highest BCUT2D eigenvalue weighted by Gasteiger charge is 2.48. The molecule has 0 saturated heterocycles. The standard InChI is InChI=1S/C32H24O4/c33-28-18-16-24(20-27(28)22-10-4-1-5-11-22)30(35)25-17-19-29(34)32(21-25,26-14-8-3-9-15-26)31(36)23-12-6-2-7-13-23/h1-20,33,35H,21H2. The number of carbonyl (C=O) groups excluding carboxylic acids is 2. The van der Waals surface area contributed by atoms with E-state index in [1.807, 2.05) is 42.5 Å². The van der Waals surface area contributed by atoms with Gasteiger partial charge < -0.3 is 10.2 Å². The molecule has 4 aromatic carbocycles. The molecule has 1 unspecified atom stereocenters. The summed E-state index contributed by atoms with van der Waals surface area (Å²) in [5.74, 6) is -0.591. The molecule has 0 aromatic heterocycles. The van der Waals surface area contributed by atoms with Crippen LogP contribution in [0.25, 0.3) is 16.9 Å². The average Bonchev–Trinajstić information content (AvgIpc) is 2.94. The molecule has 2 N–H and O–H groups in total. The molecule has 1 aliphatic rings. The highest BCUT2D eigenvalue weighted by atomic mass is 16.3. The van der Waals surface area contributed by atoms with E-state index in [-0.39, 0.29) is 29.5 Å². The highest BCUT2D eigenvalue weighted by Crippen LogP contribution is 2.42. The molecule has 36 heavy (non-hydrogen) atoms. The molecule has 176 valence electrons. The Morgan fingerprint density at radius 3 is 2.00 bits per heavy atom. The molecule has 0 fully saturated rings. The Morgan fingerprint density at radius 2 is 1.33 bits per heavy atom. The third-order valence-corrected chi connectivity index (χ3v) is 6.66. The molecular weight excluding hydrogens is 448 g/mol. The molecule has 1 aliphatic carbocycles. The van der Waals surface area contributed by atoms with Crippen molar-refractivity contribution in [3.63, 3.8) is 0 Å². The number of phenolic OH excluding ortho intramolecular Hbond substituents is 1. The first-order valence-corrected chi connectivity index (χ1v) is 11.7. The monoisotopic (exact) mass is 472 g/mol. The van der Waals surface area contributed by atoms with Crippen molar-refractivity contribution in [3.05, 3.63) is 144 Å². The summed E-state index contributed by atoms with van der Waals surface area (Å²) < 4.78 is 0. The summed E-state index contributed by atoms with van der Waals surface area (Å²) in [6, 6.07) is 32.0. The lowest BCUT2D eigenvalue weighted by Crippen LogP contribution is -2.45. The van der Waals surface area contributed by atoms with Crippen molar-refractivity contribution in [2.24, 2.45) is 0 Å². The topological polar surface area (TPSA) is 74.6 Å². The molecular formula is C32H24O4. The van der Waals surface area contributed by atoms with Gasteiger partial charge in [-0.1, -0.05) is 97.1 Å². The van der Waals surface area contributed by atoms with Crippen LogP contribution in [0.15, 0.2) is 127 Å². The average molecular weight is 473 g/mol. The van der Waals surface area contributed by atoms with E-state index >= 15 is 0 Å². The van der Waals surface area contributed by atoms with Crippen LogP contribution in [-0.2, 0) is 10.2 Å². The number of aliphatic hydroxyl groups is 1. The maximum atomic E-state index is 13.9. The quantitative estimate of drug-likeness (QED) is 0.193. The Bertz CT molecular complexity index is 1490. The van der Waals surface area contributed by atoms with Crippen molar-refractivity contribution in [1.29, 1.82) is 0 Å². The number of carbonyl (C=O) groups is 2. The van der Waals surface area contributed by atoms with E-state index < -0.39 is 5.41 Å². The Morgan fingerprint density at radius 1 is 0.722 bits per heavy atom. The number of allylic oxidation sites excluding steroid dienone is 3. The van der Waals surface area contributed by atoms with Crippen LogP contribution in [0.4, 0.5) is 0 Å². The number of Topliss-reactive ketones (excluding diaryl/α,β-unsaturated/α-hetero) is 1. The normalized spacial score (nSPS) is 18.6. The van der Waals surface area contributed by atoms with Gasteiger partial charge in [-0.25, -0.2) is 0 Å². The lowest BCUT2D eigenvalue weighted by molar-refractivity contribution is -0.118. The first-order valence-electron chi connectivity index (χ1n) is 11.7. The second-order valence-corrected chi connectivity index (χ2v) is 8.81. The SMILES string of the molecule is O=C1C=CC(=C(O)c2ccc(O)c(-c3ccccc3)c2)CC1(C(=O)c1ccccc1)c1ccccc1. The van der Waals surface area contributed by atoms with Gasteiger partial charge in [0, 0.05) is 23.1 Å². The second-order valence-electron chi connectivity index (χ2n) is 8.81. The fourth-order valence-corrected chi connectivity index (χ4v) is 4.76. The number of ketones is 2. The van der Waals surface area contributed by atoms with Crippen LogP contribution in [0.5, 0.6) is 5.75 Å². The molecule has 0 bridgehead atoms. The molecule has 4 heteroatoms. The number of benzene rings is 4. The van der Waals surface area contributed by atoms with E-state index in [4.69, 9.17) is 0 Å². The Kier molecular flexibility index (Phi) is 6.09. The Labute approximate surface area is 209 Å². The molecule has 0 radical (unpaired) electrons. The molecule has 4 nitrogen and oxygen atoms in total. The minimum Gasteiger partial charge on any atom is -0.507 e. The van der Waals surface area contributed by atoms with Crippen molar-refractivity contribution in [2.45, 2.75) is 11.8 Å². The fraction of sp³-hybridized carbons (Fsp3) is 0.0625. The summed E-state index contributed by atoms with van der Waals surface area (Å²) in [6.07, 6.45) is 2.96. The molecule has 5 rings (SSSR count). The second kappa shape index (κ2) is 9.51. The Balaban J connectivity index is 1.65. The van der Waals surface area contributed by atoms with E-state index in [0.717, 1.165) is 5.56 Å². The van der Waals surface area contributed by atoms with Gasteiger partial charge in [0.05, 0.1) is 0 Å². The van der Waals surface area contributed by atoms with Gasteiger partial charge in [-0.3, -0.25) is 9.59 Å². The van der Waals surface area contributed by atoms with Crippen LogP contribution in [0.3, 0.4) is 0 Å². The van der Waals surface area contributed by atoms with Gasteiger partial charge in [0.25, 0.3) is 0 Å². The van der Waals surface area contributed by atoms with Crippen LogP contribution >= 0.6 is 0 Å². The van der Waals surface area contributed by atoms with Crippen LogP contribution < -0.4 is 0 Å². The molecule has 0 heterocycles. The number of rotatable bonds is 5. The van der Waals surface area contributed by atoms with Crippen molar-refractivity contribution in [3.8, 4) is 16.9 Å². The van der Waals surface area contributed by atoms with E-state index in [2.05, 4.69) is 0 Å². The number of hydrogen-bond donors (Lipinski definition) is 2. The zero-order valence-corrected chi connectivity index (χ0v) is 19.5. The maximum Gasteiger partial charge on any atom is 0.181 e. The molecule has 0 spiro atoms. The summed E-state index contributed by atoms with van der Waals surface area (Å²) in [5, 5.41) is 21.8. The largest absolute Gasteiger partial charge is 0.507 e. The number of aromatic hydroxyl groups is 1. The maximum absolute atomic E-state index is 13.9.